The van der Waals surface area contributed by atoms with Gasteiger partial charge in [-0.2, -0.15) is 0 Å². The van der Waals surface area contributed by atoms with Gasteiger partial charge in [-0.1, -0.05) is 33.6 Å². The molecule has 0 aliphatic carbocycles. The lowest BCUT2D eigenvalue weighted by Gasteiger charge is -2.11. The summed E-state index contributed by atoms with van der Waals surface area (Å²) >= 11 is 8.53. The molecule has 0 radical (unpaired) electrons. The minimum atomic E-state index is -0.294. The van der Waals surface area contributed by atoms with E-state index in [1.807, 2.05) is 25.1 Å². The number of halogens is 1. The summed E-state index contributed by atoms with van der Waals surface area (Å²) < 4.78 is 0.893. The highest BCUT2D eigenvalue weighted by molar-refractivity contribution is 9.10. The second-order valence-electron chi connectivity index (χ2n) is 6.32. The molecule has 5 nitrogen and oxygen atoms in total. The fourth-order valence-electron chi connectivity index (χ4n) is 2.57. The Morgan fingerprint density at radius 3 is 2.03 bits per heavy atom. The first-order valence-electron chi connectivity index (χ1n) is 8.77. The van der Waals surface area contributed by atoms with Crippen molar-refractivity contribution in [2.45, 2.75) is 6.92 Å². The first kappa shape index (κ1) is 20.7. The van der Waals surface area contributed by atoms with Crippen molar-refractivity contribution in [2.24, 2.45) is 0 Å². The summed E-state index contributed by atoms with van der Waals surface area (Å²) in [6.07, 6.45) is 0. The van der Waals surface area contributed by atoms with Gasteiger partial charge in [0.05, 0.1) is 0 Å². The van der Waals surface area contributed by atoms with Crippen LogP contribution in [-0.2, 0) is 0 Å². The van der Waals surface area contributed by atoms with E-state index < -0.39 is 0 Å². The van der Waals surface area contributed by atoms with E-state index in [1.165, 1.54) is 0 Å². The minimum Gasteiger partial charge on any atom is -0.332 e. The number of hydrogen-bond acceptors (Lipinski definition) is 3. The van der Waals surface area contributed by atoms with Gasteiger partial charge < -0.3 is 10.6 Å². The van der Waals surface area contributed by atoms with Gasteiger partial charge in [-0.25, -0.2) is 0 Å². The van der Waals surface area contributed by atoms with Crippen molar-refractivity contribution in [3.8, 4) is 0 Å². The maximum Gasteiger partial charge on any atom is 0.257 e. The Hall–Kier alpha value is -3.03. The Labute approximate surface area is 182 Å². The highest BCUT2D eigenvalue weighted by Gasteiger charge is 2.09. The molecule has 3 N–H and O–H groups in total. The third kappa shape index (κ3) is 5.97. The van der Waals surface area contributed by atoms with E-state index in [-0.39, 0.29) is 16.9 Å². The molecule has 0 saturated heterocycles. The van der Waals surface area contributed by atoms with E-state index in [0.717, 1.165) is 10.0 Å². The van der Waals surface area contributed by atoms with Crippen LogP contribution in [0.1, 0.15) is 26.3 Å². The third-order valence-corrected chi connectivity index (χ3v) is 4.75. The topological polar surface area (TPSA) is 70.2 Å². The van der Waals surface area contributed by atoms with Crippen molar-refractivity contribution in [2.75, 3.05) is 10.6 Å². The molecule has 0 spiro atoms. The van der Waals surface area contributed by atoms with E-state index in [9.17, 15) is 9.59 Å². The van der Waals surface area contributed by atoms with E-state index in [4.69, 9.17) is 12.2 Å². The molecule has 3 rings (SSSR count). The Bertz CT molecular complexity index is 1050. The maximum atomic E-state index is 12.3. The molecule has 0 heterocycles. The van der Waals surface area contributed by atoms with Crippen LogP contribution in [0.2, 0.25) is 0 Å². The average molecular weight is 468 g/mol. The molecule has 0 aromatic heterocycles. The summed E-state index contributed by atoms with van der Waals surface area (Å²) in [5.74, 6) is -0.469. The smallest absolute Gasteiger partial charge is 0.257 e. The van der Waals surface area contributed by atoms with Crippen molar-refractivity contribution in [1.29, 1.82) is 0 Å². The first-order valence-corrected chi connectivity index (χ1v) is 9.97. The Morgan fingerprint density at radius 2 is 1.41 bits per heavy atom. The zero-order valence-corrected chi connectivity index (χ0v) is 17.9. The van der Waals surface area contributed by atoms with Crippen molar-refractivity contribution in [3.63, 3.8) is 0 Å². The number of thiocarbonyl (C=S) groups is 1. The fraction of sp³-hybridized carbons (Fsp3) is 0.0455. The molecular formula is C22H18BrN3O2S. The van der Waals surface area contributed by atoms with Gasteiger partial charge in [0.25, 0.3) is 11.8 Å². The number of hydrogen-bond donors (Lipinski definition) is 3. The van der Waals surface area contributed by atoms with Gasteiger partial charge in [0.15, 0.2) is 5.11 Å². The molecule has 7 heteroatoms. The quantitative estimate of drug-likeness (QED) is 0.464. The summed E-state index contributed by atoms with van der Waals surface area (Å²) in [5, 5.41) is 8.63. The predicted molar refractivity (Wildman–Crippen MR) is 123 cm³/mol. The van der Waals surface area contributed by atoms with Gasteiger partial charge in [0.2, 0.25) is 0 Å². The standard InChI is InChI=1S/C22H18BrN3O2S/c1-14-3-2-4-16(13-14)21(28)24-18-9-11-19(12-10-18)25-22(29)26-20(27)15-5-7-17(23)8-6-15/h2-13H,1H3,(H,24,28)(H2,25,26,27,29). The summed E-state index contributed by atoms with van der Waals surface area (Å²) in [6.45, 7) is 1.94. The number of nitrogens with one attached hydrogen (secondary N) is 3. The molecule has 146 valence electrons. The lowest BCUT2D eigenvalue weighted by molar-refractivity contribution is 0.0976. The summed E-state index contributed by atoms with van der Waals surface area (Å²) in [6, 6.07) is 21.4. The van der Waals surface area contributed by atoms with Gasteiger partial charge in [0.1, 0.15) is 0 Å². The van der Waals surface area contributed by atoms with Gasteiger partial charge in [-0.15, -0.1) is 0 Å². The highest BCUT2D eigenvalue weighted by atomic mass is 79.9. The van der Waals surface area contributed by atoms with Crippen LogP contribution < -0.4 is 16.0 Å². The van der Waals surface area contributed by atoms with Crippen molar-refractivity contribution < 1.29 is 9.59 Å². The zero-order valence-electron chi connectivity index (χ0n) is 15.5. The molecule has 0 fully saturated rings. The van der Waals surface area contributed by atoms with Crippen LogP contribution in [0.4, 0.5) is 11.4 Å². The minimum absolute atomic E-state index is 0.174. The van der Waals surface area contributed by atoms with Crippen LogP contribution >= 0.6 is 28.1 Å². The van der Waals surface area contributed by atoms with Crippen LogP contribution in [0.25, 0.3) is 0 Å². The van der Waals surface area contributed by atoms with Crippen LogP contribution in [0.15, 0.2) is 77.3 Å². The molecule has 0 aliphatic heterocycles. The number of rotatable bonds is 4. The van der Waals surface area contributed by atoms with Gasteiger partial charge in [-0.05, 0) is 79.8 Å². The number of amides is 2. The molecule has 0 bridgehead atoms. The number of anilines is 2. The SMILES string of the molecule is Cc1cccc(C(=O)Nc2ccc(NC(=S)NC(=O)c3ccc(Br)cc3)cc2)c1. The summed E-state index contributed by atoms with van der Waals surface area (Å²) in [7, 11) is 0. The van der Waals surface area contributed by atoms with Gasteiger partial charge >= 0.3 is 0 Å². The molecule has 0 saturated carbocycles. The molecule has 29 heavy (non-hydrogen) atoms. The lowest BCUT2D eigenvalue weighted by Crippen LogP contribution is -2.34. The second kappa shape index (κ2) is 9.45. The normalized spacial score (nSPS) is 10.1. The van der Waals surface area contributed by atoms with E-state index in [0.29, 0.717) is 22.5 Å². The van der Waals surface area contributed by atoms with Gasteiger partial charge in [0, 0.05) is 27.0 Å². The van der Waals surface area contributed by atoms with Crippen LogP contribution in [-0.4, -0.2) is 16.9 Å². The van der Waals surface area contributed by atoms with Crippen molar-refractivity contribution in [3.05, 3.63) is 94.0 Å². The molecule has 2 amide bonds. The zero-order chi connectivity index (χ0) is 20.8. The maximum absolute atomic E-state index is 12.3. The van der Waals surface area contributed by atoms with Crippen molar-refractivity contribution >= 4 is 56.4 Å². The third-order valence-electron chi connectivity index (χ3n) is 4.01. The van der Waals surface area contributed by atoms with E-state index in [2.05, 4.69) is 31.9 Å². The highest BCUT2D eigenvalue weighted by Crippen LogP contribution is 2.15. The Kier molecular flexibility index (Phi) is 6.74. The van der Waals surface area contributed by atoms with E-state index in [1.54, 1.807) is 54.6 Å². The molecule has 0 atom stereocenters. The summed E-state index contributed by atoms with van der Waals surface area (Å²) in [4.78, 5) is 24.5. The lowest BCUT2D eigenvalue weighted by atomic mass is 10.1. The summed E-state index contributed by atoms with van der Waals surface area (Å²) in [5.41, 5.74) is 3.48. The Balaban J connectivity index is 1.55. The number of carbonyl (C=O) groups is 2. The number of benzene rings is 3. The van der Waals surface area contributed by atoms with E-state index >= 15 is 0 Å². The monoisotopic (exact) mass is 467 g/mol. The first-order chi connectivity index (χ1) is 13.9. The fourth-order valence-corrected chi connectivity index (χ4v) is 3.04. The molecule has 3 aromatic rings. The predicted octanol–water partition coefficient (Wildman–Crippen LogP) is 5.14. The largest absolute Gasteiger partial charge is 0.332 e. The number of aryl methyl sites for hydroxylation is 1. The van der Waals surface area contributed by atoms with Crippen LogP contribution in [0.5, 0.6) is 0 Å². The number of carbonyl (C=O) groups excluding carboxylic acids is 2. The average Bonchev–Trinajstić information content (AvgIpc) is 2.70. The van der Waals surface area contributed by atoms with Gasteiger partial charge in [-0.3, -0.25) is 14.9 Å². The molecule has 3 aromatic carbocycles. The molecule has 0 aliphatic rings. The second-order valence-corrected chi connectivity index (χ2v) is 7.64. The Morgan fingerprint density at radius 1 is 0.793 bits per heavy atom. The molecule has 0 unspecified atom stereocenters. The van der Waals surface area contributed by atoms with Crippen LogP contribution in [0, 0.1) is 6.92 Å². The molecular weight excluding hydrogens is 450 g/mol. The van der Waals surface area contributed by atoms with Crippen LogP contribution in [0.3, 0.4) is 0 Å². The van der Waals surface area contributed by atoms with Crippen molar-refractivity contribution in [1.82, 2.24) is 5.32 Å².